The molecule has 0 aliphatic rings. The minimum absolute atomic E-state index is 0.196. The average Bonchev–Trinajstić information content (AvgIpc) is 2.16. The maximum Gasteiger partial charge on any atom is 0.249 e. The Balaban J connectivity index is 3.27. The first-order valence-corrected chi connectivity index (χ1v) is 3.69. The van der Waals surface area contributed by atoms with E-state index in [-0.39, 0.29) is 30.0 Å². The number of primary amides is 1. The summed E-state index contributed by atoms with van der Waals surface area (Å²) in [6, 6.07) is 1.41. The molecule has 0 radical (unpaired) electrons. The number of aliphatic hydroxyl groups is 2. The Hall–Kier alpha value is -1.46. The smallest absolute Gasteiger partial charge is 0.249 e. The summed E-state index contributed by atoms with van der Waals surface area (Å²) in [6.45, 7) is -0.682. The van der Waals surface area contributed by atoms with Gasteiger partial charge in [0, 0.05) is 17.3 Å². The molecule has 0 atom stereocenters. The van der Waals surface area contributed by atoms with Crippen LogP contribution < -0.4 is 5.73 Å². The summed E-state index contributed by atoms with van der Waals surface area (Å²) >= 11 is 0. The number of nitrogens with zero attached hydrogens (tertiary/aromatic N) is 1. The van der Waals surface area contributed by atoms with Crippen molar-refractivity contribution in [1.82, 2.24) is 4.98 Å². The number of pyridine rings is 1. The minimum Gasteiger partial charge on any atom is -0.392 e. The monoisotopic (exact) mass is 182 g/mol. The van der Waals surface area contributed by atoms with Crippen molar-refractivity contribution in [3.63, 3.8) is 0 Å². The van der Waals surface area contributed by atoms with Crippen molar-refractivity contribution in [3.8, 4) is 0 Å². The zero-order valence-electron chi connectivity index (χ0n) is 6.90. The molecule has 0 saturated heterocycles. The first kappa shape index (κ1) is 9.63. The lowest BCUT2D eigenvalue weighted by Gasteiger charge is -2.06. The van der Waals surface area contributed by atoms with E-state index in [1.807, 2.05) is 0 Å². The number of aromatic nitrogens is 1. The van der Waals surface area contributed by atoms with Crippen molar-refractivity contribution in [3.05, 3.63) is 29.1 Å². The second-order valence-electron chi connectivity index (χ2n) is 2.46. The Morgan fingerprint density at radius 2 is 2.15 bits per heavy atom. The van der Waals surface area contributed by atoms with Gasteiger partial charge in [-0.05, 0) is 6.07 Å². The lowest BCUT2D eigenvalue weighted by Crippen LogP contribution is -2.16. The molecule has 1 aromatic rings. The molecule has 1 rings (SSSR count). The predicted octanol–water partition coefficient (Wildman–Crippen LogP) is -0.835. The van der Waals surface area contributed by atoms with Crippen molar-refractivity contribution in [2.24, 2.45) is 5.73 Å². The fourth-order valence-electron chi connectivity index (χ4n) is 1.08. The third-order valence-corrected chi connectivity index (χ3v) is 1.72. The van der Waals surface area contributed by atoms with E-state index in [0.717, 1.165) is 0 Å². The maximum absolute atomic E-state index is 10.9. The highest BCUT2D eigenvalue weighted by atomic mass is 16.3. The van der Waals surface area contributed by atoms with E-state index in [1.54, 1.807) is 0 Å². The van der Waals surface area contributed by atoms with Gasteiger partial charge in [-0.25, -0.2) is 0 Å². The van der Waals surface area contributed by atoms with Crippen LogP contribution in [0.4, 0.5) is 0 Å². The van der Waals surface area contributed by atoms with Crippen LogP contribution in [0, 0.1) is 0 Å². The van der Waals surface area contributed by atoms with Crippen LogP contribution in [0.15, 0.2) is 12.3 Å². The quantitative estimate of drug-likeness (QED) is 0.568. The van der Waals surface area contributed by atoms with Gasteiger partial charge in [-0.1, -0.05) is 0 Å². The van der Waals surface area contributed by atoms with E-state index < -0.39 is 5.91 Å². The molecule has 0 saturated carbocycles. The fraction of sp³-hybridized carbons (Fsp3) is 0.250. The molecule has 1 aromatic heterocycles. The average molecular weight is 182 g/mol. The molecule has 0 aliphatic heterocycles. The Labute approximate surface area is 74.8 Å². The highest BCUT2D eigenvalue weighted by Crippen LogP contribution is 2.11. The molecule has 1 amide bonds. The molecule has 1 heterocycles. The fourth-order valence-corrected chi connectivity index (χ4v) is 1.08. The van der Waals surface area contributed by atoms with Gasteiger partial charge in [-0.15, -0.1) is 0 Å². The summed E-state index contributed by atoms with van der Waals surface area (Å²) < 4.78 is 0. The van der Waals surface area contributed by atoms with Crippen LogP contribution in [0.1, 0.15) is 21.6 Å². The summed E-state index contributed by atoms with van der Waals surface area (Å²) in [5.41, 5.74) is 5.82. The van der Waals surface area contributed by atoms with Gasteiger partial charge in [0.2, 0.25) is 5.91 Å². The van der Waals surface area contributed by atoms with Crippen molar-refractivity contribution >= 4 is 5.91 Å². The Morgan fingerprint density at radius 3 is 2.62 bits per heavy atom. The summed E-state index contributed by atoms with van der Waals surface area (Å²) in [7, 11) is 0. The first-order valence-electron chi connectivity index (χ1n) is 3.69. The van der Waals surface area contributed by atoms with Gasteiger partial charge in [0.1, 0.15) is 0 Å². The summed E-state index contributed by atoms with van der Waals surface area (Å²) in [5, 5.41) is 17.8. The van der Waals surface area contributed by atoms with E-state index in [2.05, 4.69) is 4.98 Å². The molecule has 0 aliphatic carbocycles. The van der Waals surface area contributed by atoms with E-state index in [4.69, 9.17) is 15.9 Å². The molecule has 0 spiro atoms. The van der Waals surface area contributed by atoms with E-state index in [0.29, 0.717) is 0 Å². The minimum atomic E-state index is -0.638. The molecule has 5 heteroatoms. The van der Waals surface area contributed by atoms with Crippen molar-refractivity contribution in [1.29, 1.82) is 0 Å². The summed E-state index contributed by atoms with van der Waals surface area (Å²) in [4.78, 5) is 14.6. The van der Waals surface area contributed by atoms with Gasteiger partial charge in [0.15, 0.2) is 0 Å². The lowest BCUT2D eigenvalue weighted by atomic mass is 10.1. The number of carbonyl (C=O) groups excluding carboxylic acids is 1. The third kappa shape index (κ3) is 1.82. The second kappa shape index (κ2) is 3.97. The number of aliphatic hydroxyl groups excluding tert-OH is 2. The Bertz CT molecular complexity index is 325. The molecule has 5 nitrogen and oxygen atoms in total. The highest BCUT2D eigenvalue weighted by molar-refractivity contribution is 5.94. The van der Waals surface area contributed by atoms with E-state index in [9.17, 15) is 4.79 Å². The van der Waals surface area contributed by atoms with Crippen molar-refractivity contribution < 1.29 is 15.0 Å². The topological polar surface area (TPSA) is 96.4 Å². The van der Waals surface area contributed by atoms with Crippen LogP contribution in [-0.4, -0.2) is 21.1 Å². The van der Waals surface area contributed by atoms with Crippen LogP contribution >= 0.6 is 0 Å². The van der Waals surface area contributed by atoms with Gasteiger partial charge in [-0.2, -0.15) is 0 Å². The molecule has 0 unspecified atom stereocenters. The van der Waals surface area contributed by atoms with Crippen LogP contribution in [0.5, 0.6) is 0 Å². The van der Waals surface area contributed by atoms with Crippen molar-refractivity contribution in [2.45, 2.75) is 13.2 Å². The summed E-state index contributed by atoms with van der Waals surface area (Å²) in [5.74, 6) is -0.638. The number of rotatable bonds is 3. The first-order chi connectivity index (χ1) is 6.20. The van der Waals surface area contributed by atoms with Crippen molar-refractivity contribution in [2.75, 3.05) is 0 Å². The molecule has 0 aromatic carbocycles. The summed E-state index contributed by atoms with van der Waals surface area (Å²) in [6.07, 6.45) is 1.37. The van der Waals surface area contributed by atoms with Crippen LogP contribution in [0.3, 0.4) is 0 Å². The molecule has 70 valence electrons. The number of hydrogen-bond acceptors (Lipinski definition) is 4. The molecular weight excluding hydrogens is 172 g/mol. The standard InChI is InChI=1S/C8H10N2O3/c9-8(13)5-1-2-10-7(4-12)6(5)3-11/h1-2,11-12H,3-4H2,(H2,9,13). The molecular formula is C8H10N2O3. The lowest BCUT2D eigenvalue weighted by molar-refractivity contribution is 0.0996. The van der Waals surface area contributed by atoms with Gasteiger partial charge in [0.25, 0.3) is 0 Å². The van der Waals surface area contributed by atoms with E-state index in [1.165, 1.54) is 12.3 Å². The number of hydrogen-bond donors (Lipinski definition) is 3. The van der Waals surface area contributed by atoms with Crippen LogP contribution in [0.2, 0.25) is 0 Å². The molecule has 0 fully saturated rings. The normalized spacial score (nSPS) is 10.0. The van der Waals surface area contributed by atoms with Gasteiger partial charge in [0.05, 0.1) is 18.9 Å². The Kier molecular flexibility index (Phi) is 2.94. The number of amides is 1. The third-order valence-electron chi connectivity index (χ3n) is 1.72. The van der Waals surface area contributed by atoms with Gasteiger partial charge < -0.3 is 15.9 Å². The SMILES string of the molecule is NC(=O)c1ccnc(CO)c1CO. The zero-order chi connectivity index (χ0) is 9.84. The van der Waals surface area contributed by atoms with Crippen LogP contribution in [0.25, 0.3) is 0 Å². The van der Waals surface area contributed by atoms with Gasteiger partial charge in [-0.3, -0.25) is 9.78 Å². The maximum atomic E-state index is 10.9. The number of nitrogens with two attached hydrogens (primary N) is 1. The Morgan fingerprint density at radius 1 is 1.46 bits per heavy atom. The molecule has 4 N–H and O–H groups in total. The highest BCUT2D eigenvalue weighted by Gasteiger charge is 2.11. The number of carbonyl (C=O) groups is 1. The zero-order valence-corrected chi connectivity index (χ0v) is 6.90. The largest absolute Gasteiger partial charge is 0.392 e. The van der Waals surface area contributed by atoms with Gasteiger partial charge >= 0.3 is 0 Å². The molecule has 0 bridgehead atoms. The predicted molar refractivity (Wildman–Crippen MR) is 44.6 cm³/mol. The molecule has 13 heavy (non-hydrogen) atoms. The van der Waals surface area contributed by atoms with E-state index >= 15 is 0 Å². The van der Waals surface area contributed by atoms with Crippen LogP contribution in [-0.2, 0) is 13.2 Å². The second-order valence-corrected chi connectivity index (χ2v) is 2.46.